The smallest absolute Gasteiger partial charge is 0.308 e. The van der Waals surface area contributed by atoms with E-state index in [0.29, 0.717) is 0 Å². The third kappa shape index (κ3) is 5.13. The Morgan fingerprint density at radius 1 is 1.43 bits per heavy atom. The van der Waals surface area contributed by atoms with E-state index in [1.165, 1.54) is 6.92 Å². The fourth-order valence-corrected chi connectivity index (χ4v) is 0.855. The molecule has 3 N–H and O–H groups in total. The van der Waals surface area contributed by atoms with Gasteiger partial charge in [-0.3, -0.25) is 14.4 Å². The summed E-state index contributed by atoms with van der Waals surface area (Å²) in [5.74, 6) is -1.74. The predicted octanol–water partition coefficient (Wildman–Crippen LogP) is -1.07. The Morgan fingerprint density at radius 3 is 2.36 bits per heavy atom. The van der Waals surface area contributed by atoms with E-state index in [-0.39, 0.29) is 13.0 Å². The molecule has 0 bridgehead atoms. The zero-order valence-electron chi connectivity index (χ0n) is 8.20. The van der Waals surface area contributed by atoms with Crippen LogP contribution in [0.5, 0.6) is 0 Å². The molecule has 0 aromatic carbocycles. The number of primary amides is 1. The number of hydrogen-bond donors (Lipinski definition) is 2. The maximum Gasteiger partial charge on any atom is 0.308 e. The monoisotopic (exact) mass is 202 g/mol. The van der Waals surface area contributed by atoms with Gasteiger partial charge in [0.2, 0.25) is 11.8 Å². The van der Waals surface area contributed by atoms with Crippen LogP contribution in [0.2, 0.25) is 0 Å². The van der Waals surface area contributed by atoms with Crippen molar-refractivity contribution in [3.05, 3.63) is 0 Å². The average Bonchev–Trinajstić information content (AvgIpc) is 2.02. The van der Waals surface area contributed by atoms with Crippen LogP contribution in [0.3, 0.4) is 0 Å². The molecular weight excluding hydrogens is 188 g/mol. The van der Waals surface area contributed by atoms with E-state index in [2.05, 4.69) is 10.1 Å². The van der Waals surface area contributed by atoms with Gasteiger partial charge >= 0.3 is 5.97 Å². The molecule has 0 aliphatic heterocycles. The molecule has 14 heavy (non-hydrogen) atoms. The molecule has 0 rings (SSSR count). The lowest BCUT2D eigenvalue weighted by Gasteiger charge is -2.12. The zero-order valence-corrected chi connectivity index (χ0v) is 8.20. The lowest BCUT2D eigenvalue weighted by Crippen LogP contribution is -2.45. The van der Waals surface area contributed by atoms with E-state index in [9.17, 15) is 14.4 Å². The normalized spacial score (nSPS) is 11.6. The van der Waals surface area contributed by atoms with Crippen molar-refractivity contribution in [2.24, 2.45) is 5.73 Å². The van der Waals surface area contributed by atoms with Crippen molar-refractivity contribution >= 4 is 17.8 Å². The first kappa shape index (κ1) is 12.4. The van der Waals surface area contributed by atoms with E-state index in [1.54, 1.807) is 6.92 Å². The minimum atomic E-state index is -0.994. The summed E-state index contributed by atoms with van der Waals surface area (Å²) in [7, 11) is 0. The van der Waals surface area contributed by atoms with Crippen LogP contribution in [-0.2, 0) is 19.1 Å². The molecule has 0 aliphatic rings. The highest BCUT2D eigenvalue weighted by molar-refractivity contribution is 5.89. The van der Waals surface area contributed by atoms with E-state index >= 15 is 0 Å². The molecule has 6 heteroatoms. The standard InChI is InChI=1S/C8H14N2O4/c1-3-14-7(12)4-6(8(9)13)10-5(2)11/h6H,3-4H2,1-2H3,(H2,9,13)(H,10,11)/t6-/m1/s1. The van der Waals surface area contributed by atoms with Gasteiger partial charge in [0.05, 0.1) is 13.0 Å². The molecule has 6 nitrogen and oxygen atoms in total. The Bertz CT molecular complexity index is 239. The second-order valence-electron chi connectivity index (χ2n) is 2.66. The fourth-order valence-electron chi connectivity index (χ4n) is 0.855. The van der Waals surface area contributed by atoms with Crippen LogP contribution >= 0.6 is 0 Å². The van der Waals surface area contributed by atoms with Gasteiger partial charge in [-0.15, -0.1) is 0 Å². The number of nitrogens with two attached hydrogens (primary N) is 1. The van der Waals surface area contributed by atoms with Crippen LogP contribution in [-0.4, -0.2) is 30.4 Å². The summed E-state index contributed by atoms with van der Waals surface area (Å²) in [4.78, 5) is 32.4. The highest BCUT2D eigenvalue weighted by Gasteiger charge is 2.20. The summed E-state index contributed by atoms with van der Waals surface area (Å²) in [5.41, 5.74) is 4.97. The minimum Gasteiger partial charge on any atom is -0.466 e. The van der Waals surface area contributed by atoms with Crippen LogP contribution < -0.4 is 11.1 Å². The molecule has 0 aliphatic carbocycles. The topological polar surface area (TPSA) is 98.5 Å². The maximum atomic E-state index is 11.0. The first-order valence-corrected chi connectivity index (χ1v) is 4.19. The van der Waals surface area contributed by atoms with Crippen molar-refractivity contribution < 1.29 is 19.1 Å². The van der Waals surface area contributed by atoms with Gasteiger partial charge in [0, 0.05) is 6.92 Å². The van der Waals surface area contributed by atoms with Crippen molar-refractivity contribution in [3.8, 4) is 0 Å². The van der Waals surface area contributed by atoms with Crippen molar-refractivity contribution in [3.63, 3.8) is 0 Å². The predicted molar refractivity (Wildman–Crippen MR) is 48.0 cm³/mol. The van der Waals surface area contributed by atoms with E-state index in [4.69, 9.17) is 5.73 Å². The second kappa shape index (κ2) is 5.95. The van der Waals surface area contributed by atoms with Gasteiger partial charge in [-0.1, -0.05) is 0 Å². The summed E-state index contributed by atoms with van der Waals surface area (Å²) in [6.07, 6.45) is -0.233. The van der Waals surface area contributed by atoms with Crippen molar-refractivity contribution in [2.45, 2.75) is 26.3 Å². The molecule has 2 amide bonds. The number of hydrogen-bond acceptors (Lipinski definition) is 4. The average molecular weight is 202 g/mol. The molecule has 0 aromatic rings. The Kier molecular flexibility index (Phi) is 5.28. The van der Waals surface area contributed by atoms with Gasteiger partial charge in [0.15, 0.2) is 0 Å². The molecule has 0 heterocycles. The van der Waals surface area contributed by atoms with Gasteiger partial charge in [-0.05, 0) is 6.92 Å². The van der Waals surface area contributed by atoms with Crippen molar-refractivity contribution in [1.82, 2.24) is 5.32 Å². The summed E-state index contributed by atoms with van der Waals surface area (Å²) in [5, 5.41) is 2.25. The second-order valence-corrected chi connectivity index (χ2v) is 2.66. The quantitative estimate of drug-likeness (QED) is 0.554. The number of esters is 1. The number of rotatable bonds is 5. The van der Waals surface area contributed by atoms with E-state index in [1.807, 2.05) is 0 Å². The summed E-state index contributed by atoms with van der Waals surface area (Å²) >= 11 is 0. The first-order chi connectivity index (χ1) is 6.47. The third-order valence-corrected chi connectivity index (χ3v) is 1.40. The van der Waals surface area contributed by atoms with Crippen molar-refractivity contribution in [2.75, 3.05) is 6.61 Å². The highest BCUT2D eigenvalue weighted by atomic mass is 16.5. The lowest BCUT2D eigenvalue weighted by atomic mass is 10.2. The van der Waals surface area contributed by atoms with Gasteiger partial charge in [-0.25, -0.2) is 0 Å². The Hall–Kier alpha value is -1.59. The number of ether oxygens (including phenoxy) is 1. The van der Waals surface area contributed by atoms with Gasteiger partial charge in [0.25, 0.3) is 0 Å². The molecule has 0 spiro atoms. The summed E-state index contributed by atoms with van der Waals surface area (Å²) in [6, 6.07) is -0.994. The van der Waals surface area contributed by atoms with Gasteiger partial charge in [0.1, 0.15) is 6.04 Å². The highest BCUT2D eigenvalue weighted by Crippen LogP contribution is 1.94. The molecule has 0 radical (unpaired) electrons. The molecule has 1 atom stereocenters. The molecule has 0 aromatic heterocycles. The van der Waals surface area contributed by atoms with Crippen molar-refractivity contribution in [1.29, 1.82) is 0 Å². The van der Waals surface area contributed by atoms with Crippen LogP contribution in [0.4, 0.5) is 0 Å². The molecule has 0 saturated carbocycles. The molecule has 0 unspecified atom stereocenters. The Labute approximate surface area is 81.8 Å². The minimum absolute atomic E-state index is 0.227. The maximum absolute atomic E-state index is 11.0. The van der Waals surface area contributed by atoms with Crippen LogP contribution in [0, 0.1) is 0 Å². The SMILES string of the molecule is CCOC(=O)C[C@@H](NC(C)=O)C(N)=O. The third-order valence-electron chi connectivity index (χ3n) is 1.40. The van der Waals surface area contributed by atoms with Gasteiger partial charge < -0.3 is 15.8 Å². The molecular formula is C8H14N2O4. The van der Waals surface area contributed by atoms with Crippen LogP contribution in [0.15, 0.2) is 0 Å². The zero-order chi connectivity index (χ0) is 11.1. The van der Waals surface area contributed by atoms with E-state index < -0.39 is 23.8 Å². The Balaban J connectivity index is 4.16. The van der Waals surface area contributed by atoms with Gasteiger partial charge in [-0.2, -0.15) is 0 Å². The van der Waals surface area contributed by atoms with Crippen LogP contribution in [0.1, 0.15) is 20.3 Å². The number of nitrogens with one attached hydrogen (secondary N) is 1. The lowest BCUT2D eigenvalue weighted by molar-refractivity contribution is -0.145. The Morgan fingerprint density at radius 2 is 2.00 bits per heavy atom. The summed E-state index contributed by atoms with van der Waals surface area (Å²) in [6.45, 7) is 3.11. The first-order valence-electron chi connectivity index (χ1n) is 4.19. The molecule has 0 saturated heterocycles. The van der Waals surface area contributed by atoms with E-state index in [0.717, 1.165) is 0 Å². The number of carbonyl (C=O) groups excluding carboxylic acids is 3. The number of carbonyl (C=O) groups is 3. The summed E-state index contributed by atoms with van der Waals surface area (Å²) < 4.78 is 4.61. The number of amides is 2. The molecule has 0 fully saturated rings. The fraction of sp³-hybridized carbons (Fsp3) is 0.625. The largest absolute Gasteiger partial charge is 0.466 e. The van der Waals surface area contributed by atoms with Crippen LogP contribution in [0.25, 0.3) is 0 Å². The molecule has 80 valence electrons.